The molecule has 4 N–H and O–H groups in total. The molecule has 0 radical (unpaired) electrons. The Bertz CT molecular complexity index is 820. The molecule has 0 saturated heterocycles. The minimum Gasteiger partial charge on any atom is -0.445 e. The number of carbonyl (C=O) groups excluding carboxylic acids is 3. The fourth-order valence-corrected chi connectivity index (χ4v) is 2.64. The molecular weight excluding hydrogens is 370 g/mol. The van der Waals surface area contributed by atoms with Crippen LogP contribution in [0.1, 0.15) is 43.7 Å². The van der Waals surface area contributed by atoms with Crippen molar-refractivity contribution in [1.82, 2.24) is 5.32 Å². The molecule has 7 nitrogen and oxygen atoms in total. The van der Waals surface area contributed by atoms with Crippen molar-refractivity contribution in [3.8, 4) is 0 Å². The Morgan fingerprint density at radius 3 is 2.24 bits per heavy atom. The van der Waals surface area contributed by atoms with Crippen LogP contribution in [0, 0.1) is 0 Å². The van der Waals surface area contributed by atoms with Crippen LogP contribution in [0.4, 0.5) is 10.5 Å². The molecule has 2 rings (SSSR count). The van der Waals surface area contributed by atoms with E-state index in [2.05, 4.69) is 24.5 Å². The van der Waals surface area contributed by atoms with Crippen molar-refractivity contribution >= 4 is 23.6 Å². The summed E-state index contributed by atoms with van der Waals surface area (Å²) in [7, 11) is 0. The molecule has 0 bridgehead atoms. The van der Waals surface area contributed by atoms with E-state index < -0.39 is 23.9 Å². The van der Waals surface area contributed by atoms with Gasteiger partial charge in [0.2, 0.25) is 11.8 Å². The number of nitrogens with two attached hydrogens (primary N) is 1. The van der Waals surface area contributed by atoms with E-state index in [1.807, 2.05) is 42.5 Å². The fourth-order valence-electron chi connectivity index (χ4n) is 2.64. The number of primary amides is 1. The van der Waals surface area contributed by atoms with Gasteiger partial charge in [0.1, 0.15) is 12.6 Å². The van der Waals surface area contributed by atoms with Crippen molar-refractivity contribution < 1.29 is 19.1 Å². The Kier molecular flexibility index (Phi) is 8.21. The van der Waals surface area contributed by atoms with E-state index in [9.17, 15) is 14.4 Å². The maximum absolute atomic E-state index is 12.6. The second-order valence-corrected chi connectivity index (χ2v) is 7.03. The van der Waals surface area contributed by atoms with Gasteiger partial charge in [-0.05, 0) is 35.6 Å². The first kappa shape index (κ1) is 21.9. The lowest BCUT2D eigenvalue weighted by Crippen LogP contribution is -2.44. The number of nitrogens with one attached hydrogen (secondary N) is 2. The average molecular weight is 397 g/mol. The highest BCUT2D eigenvalue weighted by Gasteiger charge is 2.22. The van der Waals surface area contributed by atoms with E-state index in [1.165, 1.54) is 0 Å². The van der Waals surface area contributed by atoms with Crippen molar-refractivity contribution in [3.05, 3.63) is 65.7 Å². The summed E-state index contributed by atoms with van der Waals surface area (Å²) in [6.07, 6.45) is -0.705. The minimum atomic E-state index is -0.949. The van der Waals surface area contributed by atoms with Gasteiger partial charge in [0.15, 0.2) is 0 Å². The van der Waals surface area contributed by atoms with Gasteiger partial charge in [-0.15, -0.1) is 0 Å². The average Bonchev–Trinajstić information content (AvgIpc) is 2.70. The minimum absolute atomic E-state index is 0.0384. The normalized spacial score (nSPS) is 11.6. The molecule has 0 spiro atoms. The fraction of sp³-hybridized carbons (Fsp3) is 0.318. The number of carbonyl (C=O) groups is 3. The molecule has 0 fully saturated rings. The van der Waals surface area contributed by atoms with E-state index in [-0.39, 0.29) is 19.4 Å². The highest BCUT2D eigenvalue weighted by atomic mass is 16.5. The highest BCUT2D eigenvalue weighted by Crippen LogP contribution is 2.17. The smallest absolute Gasteiger partial charge is 0.408 e. The van der Waals surface area contributed by atoms with Crippen molar-refractivity contribution in [2.24, 2.45) is 5.73 Å². The Morgan fingerprint density at radius 2 is 1.66 bits per heavy atom. The molecule has 0 aliphatic carbocycles. The first-order valence-electron chi connectivity index (χ1n) is 9.51. The quantitative estimate of drug-likeness (QED) is 0.603. The standard InChI is InChI=1S/C22H27N3O4/c1-15(2)17-8-10-18(11-9-17)24-21(27)19(12-13-20(23)26)25-22(28)29-14-16-6-4-3-5-7-16/h3-11,15,19H,12-14H2,1-2H3,(H2,23,26)(H,24,27)(H,25,28)/t19-/m0/s1. The molecule has 154 valence electrons. The molecule has 3 amide bonds. The van der Waals surface area contributed by atoms with Crippen molar-refractivity contribution in [3.63, 3.8) is 0 Å². The predicted molar refractivity (Wildman–Crippen MR) is 111 cm³/mol. The number of hydrogen-bond donors (Lipinski definition) is 3. The van der Waals surface area contributed by atoms with Gasteiger partial charge < -0.3 is 21.1 Å². The molecule has 29 heavy (non-hydrogen) atoms. The number of rotatable bonds is 9. The third-order valence-electron chi connectivity index (χ3n) is 4.35. The van der Waals surface area contributed by atoms with Crippen LogP contribution in [-0.4, -0.2) is 23.9 Å². The van der Waals surface area contributed by atoms with E-state index in [0.717, 1.165) is 11.1 Å². The molecule has 0 aromatic heterocycles. The molecular formula is C22H27N3O4. The maximum Gasteiger partial charge on any atom is 0.408 e. The van der Waals surface area contributed by atoms with E-state index in [4.69, 9.17) is 10.5 Å². The lowest BCUT2D eigenvalue weighted by atomic mass is 10.0. The molecule has 0 saturated carbocycles. The summed E-state index contributed by atoms with van der Waals surface area (Å²) >= 11 is 0. The monoisotopic (exact) mass is 397 g/mol. The Balaban J connectivity index is 1.96. The third kappa shape index (κ3) is 7.65. The molecule has 7 heteroatoms. The van der Waals surface area contributed by atoms with Gasteiger partial charge in [0, 0.05) is 12.1 Å². The van der Waals surface area contributed by atoms with Crippen molar-refractivity contribution in [2.75, 3.05) is 5.32 Å². The van der Waals surface area contributed by atoms with Crippen LogP contribution in [0.15, 0.2) is 54.6 Å². The van der Waals surface area contributed by atoms with Gasteiger partial charge in [0.05, 0.1) is 0 Å². The Labute approximate surface area is 170 Å². The van der Waals surface area contributed by atoms with Crippen LogP contribution in [-0.2, 0) is 20.9 Å². The zero-order valence-electron chi connectivity index (χ0n) is 16.7. The summed E-state index contributed by atoms with van der Waals surface area (Å²) in [5.41, 5.74) is 7.76. The summed E-state index contributed by atoms with van der Waals surface area (Å²) in [6, 6.07) is 15.7. The van der Waals surface area contributed by atoms with E-state index in [1.54, 1.807) is 12.1 Å². The largest absolute Gasteiger partial charge is 0.445 e. The van der Waals surface area contributed by atoms with E-state index >= 15 is 0 Å². The van der Waals surface area contributed by atoms with Crippen LogP contribution in [0.25, 0.3) is 0 Å². The number of amides is 3. The molecule has 2 aromatic rings. The van der Waals surface area contributed by atoms with Gasteiger partial charge in [-0.2, -0.15) is 0 Å². The van der Waals surface area contributed by atoms with Crippen LogP contribution in [0.5, 0.6) is 0 Å². The SMILES string of the molecule is CC(C)c1ccc(NC(=O)[C@H](CCC(N)=O)NC(=O)OCc2ccccc2)cc1. The maximum atomic E-state index is 12.6. The van der Waals surface area contributed by atoms with Crippen LogP contribution in [0.2, 0.25) is 0 Å². The van der Waals surface area contributed by atoms with Gasteiger partial charge in [-0.3, -0.25) is 9.59 Å². The van der Waals surface area contributed by atoms with Gasteiger partial charge in [0.25, 0.3) is 0 Å². The zero-order chi connectivity index (χ0) is 21.2. The van der Waals surface area contributed by atoms with Crippen LogP contribution < -0.4 is 16.4 Å². The van der Waals surface area contributed by atoms with Gasteiger partial charge in [-0.25, -0.2) is 4.79 Å². The Morgan fingerprint density at radius 1 is 1.00 bits per heavy atom. The zero-order valence-corrected chi connectivity index (χ0v) is 16.7. The second-order valence-electron chi connectivity index (χ2n) is 7.03. The van der Waals surface area contributed by atoms with Crippen molar-refractivity contribution in [1.29, 1.82) is 0 Å². The van der Waals surface area contributed by atoms with E-state index in [0.29, 0.717) is 11.6 Å². The number of ether oxygens (including phenoxy) is 1. The van der Waals surface area contributed by atoms with Crippen molar-refractivity contribution in [2.45, 2.75) is 45.3 Å². The summed E-state index contributed by atoms with van der Waals surface area (Å²) in [6.45, 7) is 4.24. The Hall–Kier alpha value is -3.35. The highest BCUT2D eigenvalue weighted by molar-refractivity contribution is 5.96. The lowest BCUT2D eigenvalue weighted by molar-refractivity contribution is -0.119. The molecule has 0 heterocycles. The summed E-state index contributed by atoms with van der Waals surface area (Å²) in [5, 5.41) is 5.26. The lowest BCUT2D eigenvalue weighted by Gasteiger charge is -2.18. The molecule has 0 aliphatic rings. The third-order valence-corrected chi connectivity index (χ3v) is 4.35. The number of hydrogen-bond acceptors (Lipinski definition) is 4. The number of anilines is 1. The molecule has 1 atom stereocenters. The first-order valence-corrected chi connectivity index (χ1v) is 9.51. The number of benzene rings is 2. The summed E-state index contributed by atoms with van der Waals surface area (Å²) < 4.78 is 5.16. The second kappa shape index (κ2) is 10.8. The molecule has 0 unspecified atom stereocenters. The predicted octanol–water partition coefficient (Wildman–Crippen LogP) is 3.31. The number of alkyl carbamates (subject to hydrolysis) is 1. The topological polar surface area (TPSA) is 111 Å². The first-order chi connectivity index (χ1) is 13.8. The van der Waals surface area contributed by atoms with Gasteiger partial charge in [-0.1, -0.05) is 56.3 Å². The molecule has 2 aromatic carbocycles. The molecule has 0 aliphatic heterocycles. The van der Waals surface area contributed by atoms with Crippen LogP contribution in [0.3, 0.4) is 0 Å². The summed E-state index contributed by atoms with van der Waals surface area (Å²) in [4.78, 5) is 35.9. The van der Waals surface area contributed by atoms with Crippen LogP contribution >= 0.6 is 0 Å². The summed E-state index contributed by atoms with van der Waals surface area (Å²) in [5.74, 6) is -0.618. The van der Waals surface area contributed by atoms with Gasteiger partial charge >= 0.3 is 6.09 Å².